The Morgan fingerprint density at radius 2 is 2.00 bits per heavy atom. The van der Waals surface area contributed by atoms with E-state index >= 15 is 0 Å². The lowest BCUT2D eigenvalue weighted by Gasteiger charge is -2.11. The molecule has 0 N–H and O–H groups in total. The SMILES string of the molecule is Cc1cc(Br)c(F)c2cc(C(C)C)c(Cl)nc12. The van der Waals surface area contributed by atoms with Crippen molar-refractivity contribution in [3.05, 3.63) is 38.7 Å². The molecule has 4 heteroatoms. The first-order chi connectivity index (χ1) is 7.91. The maximum atomic E-state index is 14.0. The molecule has 1 aromatic heterocycles. The third kappa shape index (κ3) is 2.18. The lowest BCUT2D eigenvalue weighted by atomic mass is 10.0. The summed E-state index contributed by atoms with van der Waals surface area (Å²) >= 11 is 9.33. The third-order valence-corrected chi connectivity index (χ3v) is 3.67. The van der Waals surface area contributed by atoms with E-state index in [4.69, 9.17) is 11.6 Å². The van der Waals surface area contributed by atoms with Crippen molar-refractivity contribution < 1.29 is 4.39 Å². The van der Waals surface area contributed by atoms with Crippen LogP contribution in [0.3, 0.4) is 0 Å². The van der Waals surface area contributed by atoms with Gasteiger partial charge < -0.3 is 0 Å². The molecule has 0 amide bonds. The van der Waals surface area contributed by atoms with Gasteiger partial charge in [-0.1, -0.05) is 25.4 Å². The van der Waals surface area contributed by atoms with E-state index in [-0.39, 0.29) is 11.7 Å². The van der Waals surface area contributed by atoms with E-state index in [0.29, 0.717) is 20.5 Å². The van der Waals surface area contributed by atoms with E-state index in [2.05, 4.69) is 20.9 Å². The Labute approximate surface area is 113 Å². The molecule has 0 bridgehead atoms. The smallest absolute Gasteiger partial charge is 0.146 e. The number of hydrogen-bond donors (Lipinski definition) is 0. The van der Waals surface area contributed by atoms with Crippen LogP contribution >= 0.6 is 27.5 Å². The molecule has 0 saturated carbocycles. The van der Waals surface area contributed by atoms with Crippen LogP contribution in [0, 0.1) is 12.7 Å². The van der Waals surface area contributed by atoms with Crippen LogP contribution in [0.25, 0.3) is 10.9 Å². The lowest BCUT2D eigenvalue weighted by Crippen LogP contribution is -1.96. The monoisotopic (exact) mass is 315 g/mol. The van der Waals surface area contributed by atoms with Crippen molar-refractivity contribution in [2.24, 2.45) is 0 Å². The van der Waals surface area contributed by atoms with Crippen molar-refractivity contribution in [2.75, 3.05) is 0 Å². The molecule has 1 heterocycles. The van der Waals surface area contributed by atoms with Crippen molar-refractivity contribution >= 4 is 38.4 Å². The molecule has 1 aromatic carbocycles. The van der Waals surface area contributed by atoms with Crippen molar-refractivity contribution in [3.8, 4) is 0 Å². The summed E-state index contributed by atoms with van der Waals surface area (Å²) < 4.78 is 14.5. The minimum atomic E-state index is -0.281. The standard InChI is InChI=1S/C13H12BrClFN/c1-6(2)8-5-9-11(16)10(14)4-7(3)12(9)17-13(8)15/h4-6H,1-3H3. The predicted molar refractivity (Wildman–Crippen MR) is 73.2 cm³/mol. The van der Waals surface area contributed by atoms with Crippen LogP contribution in [0.5, 0.6) is 0 Å². The Hall–Kier alpha value is -0.670. The van der Waals surface area contributed by atoms with Crippen LogP contribution in [-0.2, 0) is 0 Å². The minimum Gasteiger partial charge on any atom is -0.235 e. The fourth-order valence-corrected chi connectivity index (χ4v) is 2.74. The first-order valence-corrected chi connectivity index (χ1v) is 6.53. The highest BCUT2D eigenvalue weighted by molar-refractivity contribution is 9.10. The molecule has 0 fully saturated rings. The highest BCUT2D eigenvalue weighted by atomic mass is 79.9. The van der Waals surface area contributed by atoms with Gasteiger partial charge in [0.05, 0.1) is 9.99 Å². The maximum Gasteiger partial charge on any atom is 0.146 e. The van der Waals surface area contributed by atoms with Crippen LogP contribution in [0.2, 0.25) is 5.15 Å². The zero-order chi connectivity index (χ0) is 12.7. The van der Waals surface area contributed by atoms with Crippen LogP contribution in [0.1, 0.15) is 30.9 Å². The second-order valence-electron chi connectivity index (χ2n) is 4.41. The molecule has 2 aromatic rings. The minimum absolute atomic E-state index is 0.220. The highest BCUT2D eigenvalue weighted by Crippen LogP contribution is 2.32. The second kappa shape index (κ2) is 4.54. The van der Waals surface area contributed by atoms with Gasteiger partial charge in [-0.3, -0.25) is 0 Å². The van der Waals surface area contributed by atoms with E-state index in [1.807, 2.05) is 20.8 Å². The molecular formula is C13H12BrClFN. The van der Waals surface area contributed by atoms with Crippen molar-refractivity contribution in [3.63, 3.8) is 0 Å². The lowest BCUT2D eigenvalue weighted by molar-refractivity contribution is 0.632. The van der Waals surface area contributed by atoms with E-state index < -0.39 is 0 Å². The number of fused-ring (bicyclic) bond motifs is 1. The predicted octanol–water partition coefficient (Wildman–Crippen LogP) is 5.22. The average Bonchev–Trinajstić information content (AvgIpc) is 2.25. The topological polar surface area (TPSA) is 12.9 Å². The van der Waals surface area contributed by atoms with Crippen LogP contribution < -0.4 is 0 Å². The number of pyridine rings is 1. The van der Waals surface area contributed by atoms with Crippen LogP contribution in [0.4, 0.5) is 4.39 Å². The Kier molecular flexibility index (Phi) is 3.41. The van der Waals surface area contributed by atoms with E-state index in [0.717, 1.165) is 11.1 Å². The van der Waals surface area contributed by atoms with E-state index in [1.165, 1.54) is 0 Å². The number of benzene rings is 1. The second-order valence-corrected chi connectivity index (χ2v) is 5.62. The van der Waals surface area contributed by atoms with Crippen molar-refractivity contribution in [1.82, 2.24) is 4.98 Å². The summed E-state index contributed by atoms with van der Waals surface area (Å²) in [5.74, 6) is -0.0604. The third-order valence-electron chi connectivity index (χ3n) is 2.79. The van der Waals surface area contributed by atoms with E-state index in [9.17, 15) is 4.39 Å². The molecule has 2 rings (SSSR count). The van der Waals surface area contributed by atoms with Crippen LogP contribution in [-0.4, -0.2) is 4.98 Å². The van der Waals surface area contributed by atoms with Crippen LogP contribution in [0.15, 0.2) is 16.6 Å². The Morgan fingerprint density at radius 3 is 2.59 bits per heavy atom. The van der Waals surface area contributed by atoms with Gasteiger partial charge in [0.15, 0.2) is 0 Å². The number of aromatic nitrogens is 1. The number of halogens is 3. The number of hydrogen-bond acceptors (Lipinski definition) is 1. The number of nitrogens with zero attached hydrogens (tertiary/aromatic N) is 1. The first-order valence-electron chi connectivity index (χ1n) is 5.36. The van der Waals surface area contributed by atoms with Gasteiger partial charge in [0.2, 0.25) is 0 Å². The largest absolute Gasteiger partial charge is 0.235 e. The average molecular weight is 317 g/mol. The molecule has 90 valence electrons. The summed E-state index contributed by atoms with van der Waals surface area (Å²) in [6, 6.07) is 3.51. The fraction of sp³-hybridized carbons (Fsp3) is 0.308. The van der Waals surface area contributed by atoms with Crippen molar-refractivity contribution in [1.29, 1.82) is 0 Å². The fourth-order valence-electron chi connectivity index (χ4n) is 1.83. The molecule has 1 nitrogen and oxygen atoms in total. The molecule has 0 aliphatic carbocycles. The molecule has 0 radical (unpaired) electrons. The zero-order valence-electron chi connectivity index (χ0n) is 9.81. The molecular weight excluding hydrogens is 305 g/mol. The Balaban J connectivity index is 2.88. The van der Waals surface area contributed by atoms with Gasteiger partial charge in [-0.15, -0.1) is 0 Å². The van der Waals surface area contributed by atoms with E-state index in [1.54, 1.807) is 12.1 Å². The quantitative estimate of drug-likeness (QED) is 0.657. The first kappa shape index (κ1) is 12.8. The Bertz CT molecular complexity index is 596. The summed E-state index contributed by atoms with van der Waals surface area (Å²) in [4.78, 5) is 4.30. The van der Waals surface area contributed by atoms with Gasteiger partial charge in [0, 0.05) is 5.39 Å². The zero-order valence-corrected chi connectivity index (χ0v) is 12.2. The molecule has 17 heavy (non-hydrogen) atoms. The summed E-state index contributed by atoms with van der Waals surface area (Å²) in [6.45, 7) is 5.92. The molecule has 0 saturated heterocycles. The number of aryl methyl sites for hydroxylation is 1. The van der Waals surface area contributed by atoms with Gasteiger partial charge in [0.25, 0.3) is 0 Å². The van der Waals surface area contributed by atoms with Gasteiger partial charge in [-0.25, -0.2) is 9.37 Å². The highest BCUT2D eigenvalue weighted by Gasteiger charge is 2.14. The van der Waals surface area contributed by atoms with Gasteiger partial charge in [0.1, 0.15) is 11.0 Å². The molecule has 0 aliphatic rings. The normalized spacial score (nSPS) is 11.5. The van der Waals surface area contributed by atoms with Gasteiger partial charge >= 0.3 is 0 Å². The molecule has 0 unspecified atom stereocenters. The summed E-state index contributed by atoms with van der Waals surface area (Å²) in [5, 5.41) is 0.974. The molecule has 0 spiro atoms. The summed E-state index contributed by atoms with van der Waals surface area (Å²) in [6.07, 6.45) is 0. The van der Waals surface area contributed by atoms with Crippen molar-refractivity contribution in [2.45, 2.75) is 26.7 Å². The summed E-state index contributed by atoms with van der Waals surface area (Å²) in [5.41, 5.74) is 2.40. The maximum absolute atomic E-state index is 14.0. The summed E-state index contributed by atoms with van der Waals surface area (Å²) in [7, 11) is 0. The number of rotatable bonds is 1. The van der Waals surface area contributed by atoms with Gasteiger partial charge in [-0.2, -0.15) is 0 Å². The Morgan fingerprint density at radius 1 is 1.35 bits per heavy atom. The molecule has 0 aliphatic heterocycles. The van der Waals surface area contributed by atoms with Gasteiger partial charge in [-0.05, 0) is 52.0 Å². The molecule has 0 atom stereocenters.